The van der Waals surface area contributed by atoms with Crippen molar-refractivity contribution >= 4 is 11.8 Å². The van der Waals surface area contributed by atoms with Gasteiger partial charge < -0.3 is 9.80 Å². The second-order valence-corrected chi connectivity index (χ2v) is 7.28. The number of hydrogen-bond donors (Lipinski definition) is 0. The van der Waals surface area contributed by atoms with Crippen LogP contribution in [0.15, 0.2) is 24.5 Å². The molecule has 5 nitrogen and oxygen atoms in total. The quantitative estimate of drug-likeness (QED) is 0.853. The van der Waals surface area contributed by atoms with Crippen molar-refractivity contribution in [2.45, 2.75) is 52.0 Å². The smallest absolute Gasteiger partial charge is 0.222 e. The molecule has 2 aliphatic rings. The van der Waals surface area contributed by atoms with Gasteiger partial charge in [-0.25, -0.2) is 0 Å². The van der Waals surface area contributed by atoms with Gasteiger partial charge in [0.05, 0.1) is 0 Å². The Hall–Kier alpha value is -1.91. The Bertz CT molecular complexity index is 590. The molecule has 3 heterocycles. The largest absolute Gasteiger partial charge is 0.342 e. The summed E-state index contributed by atoms with van der Waals surface area (Å²) < 4.78 is 0. The first-order valence-electron chi connectivity index (χ1n) is 9.06. The lowest BCUT2D eigenvalue weighted by atomic mass is 9.73. The lowest BCUT2D eigenvalue weighted by molar-refractivity contribution is -0.143. The lowest BCUT2D eigenvalue weighted by Crippen LogP contribution is -2.54. The van der Waals surface area contributed by atoms with E-state index in [1.54, 1.807) is 6.20 Å². The van der Waals surface area contributed by atoms with Crippen molar-refractivity contribution in [2.75, 3.05) is 19.6 Å². The maximum Gasteiger partial charge on any atom is 0.222 e. The van der Waals surface area contributed by atoms with Crippen LogP contribution < -0.4 is 0 Å². The van der Waals surface area contributed by atoms with Crippen LogP contribution in [0, 0.1) is 5.41 Å². The summed E-state index contributed by atoms with van der Waals surface area (Å²) in [6.07, 6.45) is 8.77. The van der Waals surface area contributed by atoms with E-state index in [0.29, 0.717) is 19.4 Å². The first-order valence-corrected chi connectivity index (χ1v) is 9.06. The van der Waals surface area contributed by atoms with Crippen molar-refractivity contribution in [3.05, 3.63) is 30.1 Å². The van der Waals surface area contributed by atoms with Gasteiger partial charge in [-0.2, -0.15) is 0 Å². The van der Waals surface area contributed by atoms with Crippen molar-refractivity contribution in [3.63, 3.8) is 0 Å². The van der Waals surface area contributed by atoms with Gasteiger partial charge in [0.15, 0.2) is 0 Å². The van der Waals surface area contributed by atoms with Crippen LogP contribution in [0.2, 0.25) is 0 Å². The fourth-order valence-corrected chi connectivity index (χ4v) is 4.08. The van der Waals surface area contributed by atoms with Crippen LogP contribution in [0.4, 0.5) is 0 Å². The van der Waals surface area contributed by atoms with Crippen LogP contribution in [-0.2, 0) is 16.1 Å². The second-order valence-electron chi connectivity index (χ2n) is 7.28. The molecule has 1 aromatic rings. The standard InChI is InChI=1S/C19H27N3O2/c1-2-5-17(23)21-11-4-8-19(14-21)9-7-18(24)22(15-19)13-16-6-3-10-20-12-16/h3,6,10,12H,2,4-5,7-9,11,13-15H2,1H3/t19-/m1/s1. The topological polar surface area (TPSA) is 53.5 Å². The molecular weight excluding hydrogens is 302 g/mol. The highest BCUT2D eigenvalue weighted by atomic mass is 16.2. The monoisotopic (exact) mass is 329 g/mol. The summed E-state index contributed by atoms with van der Waals surface area (Å²) >= 11 is 0. The fraction of sp³-hybridized carbons (Fsp3) is 0.632. The molecule has 24 heavy (non-hydrogen) atoms. The zero-order chi connectivity index (χ0) is 17.0. The highest BCUT2D eigenvalue weighted by Crippen LogP contribution is 2.39. The van der Waals surface area contributed by atoms with E-state index in [1.807, 2.05) is 35.1 Å². The van der Waals surface area contributed by atoms with Crippen molar-refractivity contribution in [1.82, 2.24) is 14.8 Å². The van der Waals surface area contributed by atoms with E-state index in [0.717, 1.165) is 50.9 Å². The zero-order valence-electron chi connectivity index (χ0n) is 14.5. The number of carbonyl (C=O) groups excluding carboxylic acids is 2. The molecular formula is C19H27N3O2. The summed E-state index contributed by atoms with van der Waals surface area (Å²) in [6, 6.07) is 3.92. The molecule has 130 valence electrons. The molecule has 1 atom stereocenters. The normalized spacial score (nSPS) is 24.5. The van der Waals surface area contributed by atoms with Gasteiger partial charge in [0.1, 0.15) is 0 Å². The molecule has 3 rings (SSSR count). The number of piperidine rings is 2. The maximum absolute atomic E-state index is 12.4. The molecule has 2 amide bonds. The molecule has 0 unspecified atom stereocenters. The Kier molecular flexibility index (Phi) is 5.17. The minimum absolute atomic E-state index is 0.0811. The third-order valence-corrected chi connectivity index (χ3v) is 5.32. The van der Waals surface area contributed by atoms with E-state index >= 15 is 0 Å². The SMILES string of the molecule is CCCC(=O)N1CCC[C@@]2(CCC(=O)N(Cc3cccnc3)C2)C1. The van der Waals surface area contributed by atoms with Gasteiger partial charge in [-0.1, -0.05) is 13.0 Å². The molecule has 2 fully saturated rings. The van der Waals surface area contributed by atoms with Crippen LogP contribution in [-0.4, -0.2) is 46.2 Å². The number of aromatic nitrogens is 1. The van der Waals surface area contributed by atoms with Crippen molar-refractivity contribution in [3.8, 4) is 0 Å². The Labute approximate surface area is 144 Å². The van der Waals surface area contributed by atoms with Crippen LogP contribution in [0.5, 0.6) is 0 Å². The summed E-state index contributed by atoms with van der Waals surface area (Å²) in [6.45, 7) is 5.11. The molecule has 5 heteroatoms. The zero-order valence-corrected chi connectivity index (χ0v) is 14.5. The minimum Gasteiger partial charge on any atom is -0.342 e. The third-order valence-electron chi connectivity index (χ3n) is 5.32. The number of pyridine rings is 1. The van der Waals surface area contributed by atoms with Gasteiger partial charge in [-0.05, 0) is 37.3 Å². The molecule has 1 aromatic heterocycles. The van der Waals surface area contributed by atoms with Gasteiger partial charge in [0, 0.05) is 56.8 Å². The third kappa shape index (κ3) is 3.77. The Balaban J connectivity index is 1.69. The average Bonchev–Trinajstić information content (AvgIpc) is 2.60. The highest BCUT2D eigenvalue weighted by Gasteiger charge is 2.42. The van der Waals surface area contributed by atoms with Crippen LogP contribution in [0.1, 0.15) is 51.0 Å². The molecule has 1 spiro atoms. The molecule has 0 radical (unpaired) electrons. The average molecular weight is 329 g/mol. The Morgan fingerprint density at radius 2 is 2.21 bits per heavy atom. The number of nitrogens with zero attached hydrogens (tertiary/aromatic N) is 3. The van der Waals surface area contributed by atoms with E-state index in [2.05, 4.69) is 4.98 Å². The molecule has 2 aliphatic heterocycles. The van der Waals surface area contributed by atoms with Gasteiger partial charge in [0.25, 0.3) is 0 Å². The summed E-state index contributed by atoms with van der Waals surface area (Å²) in [5.41, 5.74) is 1.15. The van der Waals surface area contributed by atoms with Crippen molar-refractivity contribution < 1.29 is 9.59 Å². The van der Waals surface area contributed by atoms with Crippen LogP contribution in [0.25, 0.3) is 0 Å². The predicted molar refractivity (Wildman–Crippen MR) is 92.0 cm³/mol. The van der Waals surface area contributed by atoms with E-state index in [1.165, 1.54) is 0 Å². The first kappa shape index (κ1) is 16.9. The highest BCUT2D eigenvalue weighted by molar-refractivity contribution is 5.78. The van der Waals surface area contributed by atoms with Gasteiger partial charge >= 0.3 is 0 Å². The van der Waals surface area contributed by atoms with Gasteiger partial charge in [0.2, 0.25) is 11.8 Å². The number of rotatable bonds is 4. The first-order chi connectivity index (χ1) is 11.6. The Morgan fingerprint density at radius 3 is 2.96 bits per heavy atom. The second kappa shape index (κ2) is 7.32. The molecule has 2 saturated heterocycles. The lowest BCUT2D eigenvalue weighted by Gasteiger charge is -2.48. The Morgan fingerprint density at radius 1 is 1.33 bits per heavy atom. The van der Waals surface area contributed by atoms with E-state index in [4.69, 9.17) is 0 Å². The number of likely N-dealkylation sites (tertiary alicyclic amines) is 2. The molecule has 0 N–H and O–H groups in total. The van der Waals surface area contributed by atoms with E-state index < -0.39 is 0 Å². The van der Waals surface area contributed by atoms with Gasteiger partial charge in [-0.3, -0.25) is 14.6 Å². The summed E-state index contributed by atoms with van der Waals surface area (Å²) in [4.78, 5) is 32.8. The summed E-state index contributed by atoms with van der Waals surface area (Å²) in [5.74, 6) is 0.494. The number of amides is 2. The molecule has 0 aliphatic carbocycles. The van der Waals surface area contributed by atoms with Crippen molar-refractivity contribution in [2.24, 2.45) is 5.41 Å². The summed E-state index contributed by atoms with van der Waals surface area (Å²) in [7, 11) is 0. The molecule has 0 aromatic carbocycles. The number of hydrogen-bond acceptors (Lipinski definition) is 3. The fourth-order valence-electron chi connectivity index (χ4n) is 4.08. The minimum atomic E-state index is 0.0811. The predicted octanol–water partition coefficient (Wildman–Crippen LogP) is 2.61. The van der Waals surface area contributed by atoms with Crippen LogP contribution in [0.3, 0.4) is 0 Å². The van der Waals surface area contributed by atoms with E-state index in [-0.39, 0.29) is 17.2 Å². The molecule has 0 bridgehead atoms. The van der Waals surface area contributed by atoms with Crippen molar-refractivity contribution in [1.29, 1.82) is 0 Å². The number of carbonyl (C=O) groups is 2. The van der Waals surface area contributed by atoms with Gasteiger partial charge in [-0.15, -0.1) is 0 Å². The van der Waals surface area contributed by atoms with E-state index in [9.17, 15) is 9.59 Å². The summed E-state index contributed by atoms with van der Waals surface area (Å²) in [5, 5.41) is 0. The molecule has 0 saturated carbocycles. The maximum atomic E-state index is 12.4. The van der Waals surface area contributed by atoms with Crippen LogP contribution >= 0.6 is 0 Å².